The van der Waals surface area contributed by atoms with E-state index in [-0.39, 0.29) is 11.7 Å². The van der Waals surface area contributed by atoms with Gasteiger partial charge in [-0.3, -0.25) is 10.1 Å². The number of hydrogen-bond donors (Lipinski definition) is 1. The van der Waals surface area contributed by atoms with E-state index in [1.165, 1.54) is 11.1 Å². The predicted molar refractivity (Wildman–Crippen MR) is 81.1 cm³/mol. The highest BCUT2D eigenvalue weighted by Gasteiger charge is 2.19. The number of nitro groups is 1. The third-order valence-corrected chi connectivity index (χ3v) is 4.04. The molecule has 2 aromatic heterocycles. The average molecular weight is 291 g/mol. The van der Waals surface area contributed by atoms with Crippen LogP contribution in [0.2, 0.25) is 0 Å². The van der Waals surface area contributed by atoms with Gasteiger partial charge < -0.3 is 5.32 Å². The fraction of sp³-hybridized carbons (Fsp3) is 0.357. The molecule has 106 valence electrons. The Labute approximate surface area is 121 Å². The van der Waals surface area contributed by atoms with Gasteiger partial charge in [0.15, 0.2) is 0 Å². The fourth-order valence-electron chi connectivity index (χ4n) is 1.99. The van der Waals surface area contributed by atoms with Gasteiger partial charge in [0.1, 0.15) is 12.0 Å². The van der Waals surface area contributed by atoms with Gasteiger partial charge in [0.25, 0.3) is 5.69 Å². The third-order valence-electron chi connectivity index (χ3n) is 3.08. The summed E-state index contributed by atoms with van der Waals surface area (Å²) in [6.07, 6.45) is 1.29. The van der Waals surface area contributed by atoms with E-state index >= 15 is 0 Å². The van der Waals surface area contributed by atoms with Gasteiger partial charge in [0.2, 0.25) is 0 Å². The van der Waals surface area contributed by atoms with Crippen molar-refractivity contribution in [3.05, 3.63) is 50.3 Å². The quantitative estimate of drug-likeness (QED) is 0.663. The maximum atomic E-state index is 10.7. The van der Waals surface area contributed by atoms with Crippen LogP contribution in [-0.4, -0.2) is 9.91 Å². The van der Waals surface area contributed by atoms with Crippen molar-refractivity contribution in [1.82, 2.24) is 4.98 Å². The highest BCUT2D eigenvalue weighted by molar-refractivity contribution is 7.10. The Kier molecular flexibility index (Phi) is 4.34. The maximum Gasteiger partial charge on any atom is 0.287 e. The first-order valence-electron chi connectivity index (χ1n) is 6.40. The van der Waals surface area contributed by atoms with Crippen LogP contribution in [-0.2, 0) is 0 Å². The molecular weight excluding hydrogens is 274 g/mol. The Balaban J connectivity index is 2.25. The summed E-state index contributed by atoms with van der Waals surface area (Å²) in [7, 11) is 0. The van der Waals surface area contributed by atoms with Crippen LogP contribution in [0.25, 0.3) is 0 Å². The van der Waals surface area contributed by atoms with Crippen LogP contribution < -0.4 is 5.32 Å². The largest absolute Gasteiger partial charge is 0.362 e. The normalized spacial score (nSPS) is 12.4. The Hall–Kier alpha value is -1.95. The molecular formula is C14H17N3O2S. The number of hydrogen-bond acceptors (Lipinski definition) is 5. The molecule has 0 aliphatic carbocycles. The highest BCUT2D eigenvalue weighted by atomic mass is 32.1. The molecule has 5 nitrogen and oxygen atoms in total. The number of nitrogens with zero attached hydrogens (tertiary/aromatic N) is 2. The summed E-state index contributed by atoms with van der Waals surface area (Å²) in [6, 6.07) is 5.81. The molecule has 0 bridgehead atoms. The second-order valence-electron chi connectivity index (χ2n) is 5.00. The van der Waals surface area contributed by atoms with Crippen molar-refractivity contribution in [3.63, 3.8) is 0 Å². The molecule has 0 aliphatic rings. The molecule has 0 aliphatic heterocycles. The minimum atomic E-state index is -0.428. The van der Waals surface area contributed by atoms with E-state index in [9.17, 15) is 10.1 Å². The zero-order valence-corrected chi connectivity index (χ0v) is 12.5. The molecule has 0 fully saturated rings. The summed E-state index contributed by atoms with van der Waals surface area (Å²) in [5, 5.41) is 16.2. The van der Waals surface area contributed by atoms with Gasteiger partial charge in [0, 0.05) is 10.9 Å². The van der Waals surface area contributed by atoms with E-state index in [1.807, 2.05) is 18.4 Å². The minimum Gasteiger partial charge on any atom is -0.362 e. The number of aryl methyl sites for hydroxylation is 1. The first-order chi connectivity index (χ1) is 9.49. The topological polar surface area (TPSA) is 68.1 Å². The van der Waals surface area contributed by atoms with Crippen molar-refractivity contribution in [3.8, 4) is 0 Å². The van der Waals surface area contributed by atoms with Crippen LogP contribution in [0.3, 0.4) is 0 Å². The lowest BCUT2D eigenvalue weighted by atomic mass is 10.0. The van der Waals surface area contributed by atoms with E-state index in [4.69, 9.17) is 0 Å². The number of nitrogens with one attached hydrogen (secondary N) is 1. The van der Waals surface area contributed by atoms with Crippen LogP contribution in [0, 0.1) is 23.0 Å². The van der Waals surface area contributed by atoms with Crippen LogP contribution in [0.5, 0.6) is 0 Å². The molecule has 0 saturated heterocycles. The Morgan fingerprint density at radius 1 is 1.45 bits per heavy atom. The number of pyridine rings is 1. The molecule has 1 unspecified atom stereocenters. The smallest absolute Gasteiger partial charge is 0.287 e. The molecule has 0 saturated carbocycles. The van der Waals surface area contributed by atoms with Crippen LogP contribution in [0.15, 0.2) is 29.8 Å². The Morgan fingerprint density at radius 3 is 2.70 bits per heavy atom. The lowest BCUT2D eigenvalue weighted by molar-refractivity contribution is -0.385. The SMILES string of the molecule is Cc1cc([N+](=O)[O-])cnc1NC(c1cccs1)C(C)C. The van der Waals surface area contributed by atoms with Crippen molar-refractivity contribution < 1.29 is 4.92 Å². The van der Waals surface area contributed by atoms with Gasteiger partial charge in [-0.25, -0.2) is 4.98 Å². The van der Waals surface area contributed by atoms with Crippen LogP contribution in [0.4, 0.5) is 11.5 Å². The fourth-order valence-corrected chi connectivity index (χ4v) is 2.94. The van der Waals surface area contributed by atoms with Gasteiger partial charge in [-0.15, -0.1) is 11.3 Å². The summed E-state index contributed by atoms with van der Waals surface area (Å²) in [5.41, 5.74) is 0.798. The standard InChI is InChI=1S/C14H17N3O2S/c1-9(2)13(12-5-4-6-20-12)16-14-10(3)7-11(8-15-14)17(18)19/h4-9,13H,1-3H3,(H,15,16). The third kappa shape index (κ3) is 3.14. The first kappa shape index (κ1) is 14.5. The van der Waals surface area contributed by atoms with Crippen molar-refractivity contribution in [1.29, 1.82) is 0 Å². The van der Waals surface area contributed by atoms with Crippen LogP contribution >= 0.6 is 11.3 Å². The molecule has 1 N–H and O–H groups in total. The van der Waals surface area contributed by atoms with Crippen LogP contribution in [0.1, 0.15) is 30.3 Å². The number of anilines is 1. The number of thiophene rings is 1. The number of aromatic nitrogens is 1. The minimum absolute atomic E-state index is 0.0188. The molecule has 0 amide bonds. The molecule has 20 heavy (non-hydrogen) atoms. The molecule has 1 atom stereocenters. The second-order valence-corrected chi connectivity index (χ2v) is 5.98. The highest BCUT2D eigenvalue weighted by Crippen LogP contribution is 2.30. The van der Waals surface area contributed by atoms with Crippen molar-refractivity contribution >= 4 is 22.8 Å². The molecule has 0 aromatic carbocycles. The summed E-state index contributed by atoms with van der Waals surface area (Å²) < 4.78 is 0. The molecule has 2 heterocycles. The molecule has 6 heteroatoms. The summed E-state index contributed by atoms with van der Waals surface area (Å²) in [4.78, 5) is 15.7. The summed E-state index contributed by atoms with van der Waals surface area (Å²) in [6.45, 7) is 6.10. The zero-order chi connectivity index (χ0) is 14.7. The average Bonchev–Trinajstić information content (AvgIpc) is 2.90. The summed E-state index contributed by atoms with van der Waals surface area (Å²) in [5.74, 6) is 1.09. The predicted octanol–water partition coefficient (Wildman–Crippen LogP) is 4.17. The van der Waals surface area contributed by atoms with Gasteiger partial charge >= 0.3 is 0 Å². The Morgan fingerprint density at radius 2 is 2.20 bits per heavy atom. The zero-order valence-electron chi connectivity index (χ0n) is 11.7. The van der Waals surface area contributed by atoms with Gasteiger partial charge in [-0.05, 0) is 29.9 Å². The van der Waals surface area contributed by atoms with E-state index in [0.717, 1.165) is 5.56 Å². The van der Waals surface area contributed by atoms with E-state index < -0.39 is 4.92 Å². The molecule has 2 rings (SSSR count). The first-order valence-corrected chi connectivity index (χ1v) is 7.28. The van der Waals surface area contributed by atoms with Gasteiger partial charge in [0.05, 0.1) is 11.0 Å². The Bertz CT molecular complexity index is 596. The lowest BCUT2D eigenvalue weighted by Crippen LogP contribution is -2.17. The van der Waals surface area contributed by atoms with E-state index in [2.05, 4.69) is 30.2 Å². The molecule has 2 aromatic rings. The summed E-state index contributed by atoms with van der Waals surface area (Å²) >= 11 is 1.69. The number of rotatable bonds is 5. The monoisotopic (exact) mass is 291 g/mol. The second kappa shape index (κ2) is 6.00. The van der Waals surface area contributed by atoms with E-state index in [1.54, 1.807) is 17.4 Å². The van der Waals surface area contributed by atoms with E-state index in [0.29, 0.717) is 11.7 Å². The molecule has 0 spiro atoms. The van der Waals surface area contributed by atoms with Crippen molar-refractivity contribution in [2.75, 3.05) is 5.32 Å². The van der Waals surface area contributed by atoms with Gasteiger partial charge in [-0.1, -0.05) is 19.9 Å². The van der Waals surface area contributed by atoms with Crippen molar-refractivity contribution in [2.24, 2.45) is 5.92 Å². The molecule has 0 radical (unpaired) electrons. The maximum absolute atomic E-state index is 10.7. The lowest BCUT2D eigenvalue weighted by Gasteiger charge is -2.22. The van der Waals surface area contributed by atoms with Gasteiger partial charge in [-0.2, -0.15) is 0 Å². The van der Waals surface area contributed by atoms with Crippen molar-refractivity contribution in [2.45, 2.75) is 26.8 Å².